The first-order valence-electron chi connectivity index (χ1n) is 5.26. The van der Waals surface area contributed by atoms with Gasteiger partial charge < -0.3 is 0 Å². The molecule has 1 saturated heterocycles. The Labute approximate surface area is 139 Å². The number of hydrogen-bond acceptors (Lipinski definition) is 2. The van der Waals surface area contributed by atoms with Crippen molar-refractivity contribution in [3.63, 3.8) is 0 Å². The molecule has 0 amide bonds. The Hall–Kier alpha value is -0.328. The van der Waals surface area contributed by atoms with Crippen LogP contribution >= 0.6 is 23.5 Å². The molecule has 0 bridgehead atoms. The quantitative estimate of drug-likeness (QED) is 0.576. The Balaban J connectivity index is -0.000000368. The van der Waals surface area contributed by atoms with Crippen molar-refractivity contribution in [3.05, 3.63) is 55.8 Å². The van der Waals surface area contributed by atoms with Crippen molar-refractivity contribution in [2.24, 2.45) is 0 Å². The summed E-state index contributed by atoms with van der Waals surface area (Å²) in [6.45, 7) is 15.8. The summed E-state index contributed by atoms with van der Waals surface area (Å²) in [5.41, 5.74) is 1.46. The SMILES string of the molecule is CC1(c2ccccc2)SCCCS1.[C-]#[O+].[C-]#[O+].[C-]#[O+].[Cr]. The normalized spacial score (nSPS) is 14.2. The third-order valence-electron chi connectivity index (χ3n) is 2.34. The van der Waals surface area contributed by atoms with Gasteiger partial charge in [0.25, 0.3) is 0 Å². The molecule has 6 heteroatoms. The van der Waals surface area contributed by atoms with Gasteiger partial charge >= 0.3 is 33.9 Å². The molecule has 2 rings (SSSR count). The summed E-state index contributed by atoms with van der Waals surface area (Å²) < 4.78 is 22.8. The van der Waals surface area contributed by atoms with E-state index in [-0.39, 0.29) is 17.4 Å². The van der Waals surface area contributed by atoms with Crippen molar-refractivity contribution in [1.29, 1.82) is 0 Å². The summed E-state index contributed by atoms with van der Waals surface area (Å²) in [6, 6.07) is 10.8. The van der Waals surface area contributed by atoms with Crippen LogP contribution in [-0.2, 0) is 35.4 Å². The molecule has 0 unspecified atom stereocenters. The van der Waals surface area contributed by atoms with Crippen molar-refractivity contribution in [2.75, 3.05) is 11.5 Å². The van der Waals surface area contributed by atoms with Crippen LogP contribution in [-0.4, -0.2) is 11.5 Å². The molecule has 0 spiro atoms. The second kappa shape index (κ2) is 16.7. The van der Waals surface area contributed by atoms with E-state index in [1.165, 1.54) is 23.5 Å². The fraction of sp³-hybridized carbons (Fsp3) is 0.357. The Morgan fingerprint density at radius 1 is 0.900 bits per heavy atom. The maximum atomic E-state index is 7.50. The molecule has 1 aromatic rings. The minimum atomic E-state index is 0. The second-order valence-corrected chi connectivity index (χ2v) is 6.65. The summed E-state index contributed by atoms with van der Waals surface area (Å²) in [6.07, 6.45) is 1.36. The van der Waals surface area contributed by atoms with Gasteiger partial charge in [0.2, 0.25) is 0 Å². The fourth-order valence-electron chi connectivity index (χ4n) is 1.54. The van der Waals surface area contributed by atoms with Gasteiger partial charge in [-0.05, 0) is 30.4 Å². The van der Waals surface area contributed by atoms with Crippen LogP contribution in [0.4, 0.5) is 0 Å². The summed E-state index contributed by atoms with van der Waals surface area (Å²) in [5.74, 6) is 2.61. The summed E-state index contributed by atoms with van der Waals surface area (Å²) in [7, 11) is 0. The van der Waals surface area contributed by atoms with Crippen molar-refractivity contribution >= 4 is 23.5 Å². The molecule has 1 aliphatic heterocycles. The molecule has 0 saturated carbocycles. The minimum absolute atomic E-state index is 0. The predicted octanol–water partition coefficient (Wildman–Crippen LogP) is 3.61. The smallest absolute Gasteiger partial charge is 0 e. The maximum Gasteiger partial charge on any atom is 0 e. The zero-order chi connectivity index (χ0) is 15.1. The first-order valence-corrected chi connectivity index (χ1v) is 7.23. The van der Waals surface area contributed by atoms with E-state index >= 15 is 0 Å². The van der Waals surface area contributed by atoms with Gasteiger partial charge in [0, 0.05) is 17.4 Å². The van der Waals surface area contributed by atoms with Crippen LogP contribution in [0.3, 0.4) is 0 Å². The zero-order valence-corrected chi connectivity index (χ0v) is 13.9. The van der Waals surface area contributed by atoms with Crippen LogP contribution in [0, 0.1) is 20.0 Å². The number of rotatable bonds is 1. The van der Waals surface area contributed by atoms with Crippen molar-refractivity contribution in [2.45, 2.75) is 17.4 Å². The molecule has 3 nitrogen and oxygen atoms in total. The molecule has 0 atom stereocenters. The Morgan fingerprint density at radius 3 is 1.70 bits per heavy atom. The summed E-state index contributed by atoms with van der Waals surface area (Å²) in [5, 5.41) is 0. The van der Waals surface area contributed by atoms with Crippen LogP contribution in [0.5, 0.6) is 0 Å². The van der Waals surface area contributed by atoms with Crippen LogP contribution in [0.15, 0.2) is 30.3 Å². The molecule has 0 radical (unpaired) electrons. The Morgan fingerprint density at radius 2 is 1.30 bits per heavy atom. The van der Waals surface area contributed by atoms with Crippen LogP contribution in [0.1, 0.15) is 18.9 Å². The summed E-state index contributed by atoms with van der Waals surface area (Å²) in [4.78, 5) is 0. The van der Waals surface area contributed by atoms with E-state index in [1.54, 1.807) is 0 Å². The van der Waals surface area contributed by atoms with E-state index in [9.17, 15) is 0 Å². The average molecular weight is 346 g/mol. The molecule has 0 N–H and O–H groups in total. The molecule has 20 heavy (non-hydrogen) atoms. The van der Waals surface area contributed by atoms with Gasteiger partial charge in [-0.2, -0.15) is 0 Å². The van der Waals surface area contributed by atoms with E-state index in [0.29, 0.717) is 4.08 Å². The molecule has 0 aromatic heterocycles. The van der Waals surface area contributed by atoms with Crippen molar-refractivity contribution < 1.29 is 31.3 Å². The van der Waals surface area contributed by atoms with E-state index in [1.807, 2.05) is 0 Å². The van der Waals surface area contributed by atoms with Gasteiger partial charge in [0.05, 0.1) is 4.08 Å². The minimum Gasteiger partial charge on any atom is 0 e. The summed E-state index contributed by atoms with van der Waals surface area (Å²) >= 11 is 4.16. The maximum absolute atomic E-state index is 7.50. The first kappa shape index (κ1) is 24.7. The number of benzene rings is 1. The van der Waals surface area contributed by atoms with Crippen LogP contribution < -0.4 is 0 Å². The molecule has 1 heterocycles. The predicted molar refractivity (Wildman–Crippen MR) is 75.1 cm³/mol. The van der Waals surface area contributed by atoms with Gasteiger partial charge in [0.15, 0.2) is 0 Å². The van der Waals surface area contributed by atoms with Gasteiger partial charge in [-0.25, -0.2) is 0 Å². The van der Waals surface area contributed by atoms with E-state index < -0.39 is 0 Å². The Kier molecular flexibility index (Phi) is 20.6. The van der Waals surface area contributed by atoms with Crippen LogP contribution in [0.2, 0.25) is 0 Å². The van der Waals surface area contributed by atoms with Crippen LogP contribution in [0.25, 0.3) is 0 Å². The number of hydrogen-bond donors (Lipinski definition) is 0. The van der Waals surface area contributed by atoms with Gasteiger partial charge in [-0.1, -0.05) is 30.3 Å². The first-order chi connectivity index (χ1) is 9.31. The topological polar surface area (TPSA) is 59.7 Å². The fourth-order valence-corrected chi connectivity index (χ4v) is 4.52. The number of thioether (sulfide) groups is 2. The molecular formula is C14H14CrO3S2. The van der Waals surface area contributed by atoms with Gasteiger partial charge in [-0.15, -0.1) is 23.5 Å². The van der Waals surface area contributed by atoms with Gasteiger partial charge in [0.1, 0.15) is 0 Å². The second-order valence-electron chi connectivity index (χ2n) is 3.36. The van der Waals surface area contributed by atoms with Crippen molar-refractivity contribution in [3.8, 4) is 0 Å². The third kappa shape index (κ3) is 8.77. The molecule has 0 aliphatic carbocycles. The largest absolute Gasteiger partial charge is 0 e. The molecule has 1 aliphatic rings. The zero-order valence-electron chi connectivity index (χ0n) is 11.0. The molecule has 1 fully saturated rings. The van der Waals surface area contributed by atoms with E-state index in [0.717, 1.165) is 0 Å². The Bertz CT molecular complexity index is 370. The average Bonchev–Trinajstić information content (AvgIpc) is 2.55. The van der Waals surface area contributed by atoms with Crippen molar-refractivity contribution in [1.82, 2.24) is 0 Å². The van der Waals surface area contributed by atoms with E-state index in [4.69, 9.17) is 14.0 Å². The molecule has 106 valence electrons. The van der Waals surface area contributed by atoms with E-state index in [2.05, 4.69) is 80.7 Å². The third-order valence-corrected chi connectivity index (χ3v) is 5.61. The molecule has 1 aromatic carbocycles. The molecular weight excluding hydrogens is 332 g/mol. The monoisotopic (exact) mass is 346 g/mol. The standard InChI is InChI=1S/C11H14S2.3CO.Cr/c1-11(12-8-5-9-13-11)10-6-3-2-4-7-10;3*1-2;/h2-4,6-7H,5,8-9H2,1H3;;;;. The van der Waals surface area contributed by atoms with Gasteiger partial charge in [-0.3, -0.25) is 0 Å².